The van der Waals surface area contributed by atoms with Crippen LogP contribution in [-0.2, 0) is 6.54 Å². The average molecular weight is 336 g/mol. The summed E-state index contributed by atoms with van der Waals surface area (Å²) < 4.78 is 0. The van der Waals surface area contributed by atoms with Gasteiger partial charge in [0.05, 0.1) is 11.6 Å². The van der Waals surface area contributed by atoms with Crippen LogP contribution in [0.4, 0.5) is 0 Å². The van der Waals surface area contributed by atoms with E-state index in [1.807, 2.05) is 29.2 Å². The molecule has 128 valence electrons. The average Bonchev–Trinajstić information content (AvgIpc) is 3.13. The molecule has 1 fully saturated rings. The van der Waals surface area contributed by atoms with E-state index in [4.69, 9.17) is 5.26 Å². The highest BCUT2D eigenvalue weighted by molar-refractivity contribution is 5.99. The van der Waals surface area contributed by atoms with Crippen LogP contribution in [0.2, 0.25) is 0 Å². The topological polar surface area (TPSA) is 80.2 Å². The highest BCUT2D eigenvalue weighted by Crippen LogP contribution is 2.13. The molecular weight excluding hydrogens is 316 g/mol. The quantitative estimate of drug-likeness (QED) is 0.867. The fraction of sp³-hybridized carbons (Fsp3) is 0.316. The van der Waals surface area contributed by atoms with Gasteiger partial charge >= 0.3 is 0 Å². The number of carbonyl (C=O) groups is 2. The molecule has 2 heterocycles. The molecule has 1 saturated heterocycles. The molecule has 2 aromatic rings. The van der Waals surface area contributed by atoms with Crippen LogP contribution in [0.3, 0.4) is 0 Å². The van der Waals surface area contributed by atoms with Crippen LogP contribution < -0.4 is 0 Å². The van der Waals surface area contributed by atoms with E-state index in [1.165, 1.54) is 6.92 Å². The zero-order valence-corrected chi connectivity index (χ0v) is 14.2. The molecule has 0 saturated carbocycles. The number of aromatic amines is 1. The first-order valence-electron chi connectivity index (χ1n) is 8.27. The van der Waals surface area contributed by atoms with Crippen LogP contribution in [0.15, 0.2) is 36.5 Å². The number of hydrogen-bond acceptors (Lipinski definition) is 4. The third-order valence-corrected chi connectivity index (χ3v) is 4.47. The minimum Gasteiger partial charge on any atom is -0.356 e. The van der Waals surface area contributed by atoms with Crippen molar-refractivity contribution in [2.24, 2.45) is 0 Å². The molecule has 25 heavy (non-hydrogen) atoms. The van der Waals surface area contributed by atoms with Gasteiger partial charge in [0.2, 0.25) is 0 Å². The molecule has 1 amide bonds. The highest BCUT2D eigenvalue weighted by Gasteiger charge is 2.23. The van der Waals surface area contributed by atoms with Crippen molar-refractivity contribution < 1.29 is 9.59 Å². The Morgan fingerprint density at radius 3 is 2.40 bits per heavy atom. The molecular formula is C19H20N4O2. The Hall–Kier alpha value is -2.91. The maximum absolute atomic E-state index is 12.5. The molecule has 0 spiro atoms. The number of hydrogen-bond donors (Lipinski definition) is 1. The molecule has 1 aliphatic heterocycles. The summed E-state index contributed by atoms with van der Waals surface area (Å²) >= 11 is 0. The number of piperazine rings is 1. The first-order chi connectivity index (χ1) is 12.1. The highest BCUT2D eigenvalue weighted by atomic mass is 16.2. The fourth-order valence-corrected chi connectivity index (χ4v) is 2.94. The number of aromatic nitrogens is 1. The van der Waals surface area contributed by atoms with Crippen molar-refractivity contribution >= 4 is 11.7 Å². The number of H-pyrrole nitrogens is 1. The minimum absolute atomic E-state index is 0.0532. The van der Waals surface area contributed by atoms with Gasteiger partial charge in [-0.1, -0.05) is 12.1 Å². The van der Waals surface area contributed by atoms with Gasteiger partial charge in [0.1, 0.15) is 5.69 Å². The molecule has 6 nitrogen and oxygen atoms in total. The lowest BCUT2D eigenvalue weighted by Crippen LogP contribution is -2.48. The lowest BCUT2D eigenvalue weighted by Gasteiger charge is -2.34. The van der Waals surface area contributed by atoms with Crippen LogP contribution in [0, 0.1) is 11.3 Å². The molecule has 0 bridgehead atoms. The molecule has 1 aromatic heterocycles. The molecule has 0 aliphatic carbocycles. The minimum atomic E-state index is -0.0643. The van der Waals surface area contributed by atoms with E-state index < -0.39 is 0 Å². The van der Waals surface area contributed by atoms with Crippen LogP contribution in [-0.4, -0.2) is 52.7 Å². The molecule has 6 heteroatoms. The number of Topliss-reactive ketones (excluding diaryl/α,β-unsaturated/α-hetero) is 1. The Bertz CT molecular complexity index is 809. The fourth-order valence-electron chi connectivity index (χ4n) is 2.94. The number of ketones is 1. The Morgan fingerprint density at radius 1 is 1.16 bits per heavy atom. The first-order valence-corrected chi connectivity index (χ1v) is 8.27. The summed E-state index contributed by atoms with van der Waals surface area (Å²) in [7, 11) is 0. The number of nitriles is 1. The van der Waals surface area contributed by atoms with E-state index in [-0.39, 0.29) is 11.7 Å². The lowest BCUT2D eigenvalue weighted by atomic mass is 10.1. The number of benzene rings is 1. The van der Waals surface area contributed by atoms with Crippen molar-refractivity contribution in [3.63, 3.8) is 0 Å². The van der Waals surface area contributed by atoms with Crippen LogP contribution in [0.25, 0.3) is 0 Å². The molecule has 1 N–H and O–H groups in total. The summed E-state index contributed by atoms with van der Waals surface area (Å²) in [6.45, 7) is 5.20. The number of amides is 1. The van der Waals surface area contributed by atoms with Crippen molar-refractivity contribution in [3.8, 4) is 6.07 Å². The molecule has 0 atom stereocenters. The van der Waals surface area contributed by atoms with Gasteiger partial charge in [0, 0.05) is 44.5 Å². The van der Waals surface area contributed by atoms with Gasteiger partial charge in [-0.2, -0.15) is 5.26 Å². The van der Waals surface area contributed by atoms with Gasteiger partial charge in [0.25, 0.3) is 5.91 Å². The summed E-state index contributed by atoms with van der Waals surface area (Å²) in [5.74, 6) is -0.118. The second-order valence-corrected chi connectivity index (χ2v) is 6.24. The van der Waals surface area contributed by atoms with Gasteiger partial charge in [-0.05, 0) is 30.7 Å². The van der Waals surface area contributed by atoms with Gasteiger partial charge in [-0.3, -0.25) is 14.5 Å². The zero-order chi connectivity index (χ0) is 17.8. The molecule has 0 radical (unpaired) electrons. The lowest BCUT2D eigenvalue weighted by molar-refractivity contribution is 0.0623. The predicted molar refractivity (Wildman–Crippen MR) is 93.1 cm³/mol. The number of nitrogens with zero attached hydrogens (tertiary/aromatic N) is 3. The normalized spacial score (nSPS) is 15.0. The SMILES string of the molecule is CC(=O)c1c[nH]c(C(=O)N2CCN(Cc3ccc(C#N)cc3)CC2)c1. The second-order valence-electron chi connectivity index (χ2n) is 6.24. The summed E-state index contributed by atoms with van der Waals surface area (Å²) in [5.41, 5.74) is 2.82. The van der Waals surface area contributed by atoms with Crippen LogP contribution in [0.1, 0.15) is 38.9 Å². The van der Waals surface area contributed by atoms with Crippen molar-refractivity contribution in [3.05, 3.63) is 58.9 Å². The van der Waals surface area contributed by atoms with Crippen LogP contribution >= 0.6 is 0 Å². The maximum atomic E-state index is 12.5. The van der Waals surface area contributed by atoms with E-state index in [2.05, 4.69) is 16.0 Å². The van der Waals surface area contributed by atoms with Gasteiger partial charge in [-0.25, -0.2) is 0 Å². The van der Waals surface area contributed by atoms with E-state index in [0.717, 1.165) is 25.2 Å². The number of nitrogens with one attached hydrogen (secondary N) is 1. The summed E-state index contributed by atoms with van der Waals surface area (Å²) in [6, 6.07) is 11.3. The smallest absolute Gasteiger partial charge is 0.270 e. The summed E-state index contributed by atoms with van der Waals surface area (Å²) in [5, 5.41) is 8.84. The first kappa shape index (κ1) is 16.9. The van der Waals surface area contributed by atoms with Crippen LogP contribution in [0.5, 0.6) is 0 Å². The summed E-state index contributed by atoms with van der Waals surface area (Å²) in [6.07, 6.45) is 1.58. The Morgan fingerprint density at radius 2 is 1.84 bits per heavy atom. The van der Waals surface area contributed by atoms with Gasteiger partial charge in [-0.15, -0.1) is 0 Å². The Balaban J connectivity index is 1.54. The predicted octanol–water partition coefficient (Wildman–Crippen LogP) is 2.05. The maximum Gasteiger partial charge on any atom is 0.270 e. The molecule has 0 unspecified atom stereocenters. The number of carbonyl (C=O) groups excluding carboxylic acids is 2. The van der Waals surface area contributed by atoms with E-state index in [1.54, 1.807) is 12.3 Å². The van der Waals surface area contributed by atoms with Crippen molar-refractivity contribution in [2.45, 2.75) is 13.5 Å². The summed E-state index contributed by atoms with van der Waals surface area (Å²) in [4.78, 5) is 30.8. The molecule has 1 aromatic carbocycles. The molecule has 1 aliphatic rings. The third-order valence-electron chi connectivity index (χ3n) is 4.47. The Labute approximate surface area is 146 Å². The van der Waals surface area contributed by atoms with Gasteiger partial charge < -0.3 is 9.88 Å². The van der Waals surface area contributed by atoms with E-state index >= 15 is 0 Å². The standard InChI is InChI=1S/C19H20N4O2/c1-14(24)17-10-18(21-12-17)19(25)23-8-6-22(7-9-23)13-16-4-2-15(11-20)3-5-16/h2-5,10,12,21H,6-9,13H2,1H3. The molecule has 3 rings (SSSR count). The van der Waals surface area contributed by atoms with Gasteiger partial charge in [0.15, 0.2) is 5.78 Å². The zero-order valence-electron chi connectivity index (χ0n) is 14.2. The third kappa shape index (κ3) is 3.95. The van der Waals surface area contributed by atoms with Crippen molar-refractivity contribution in [2.75, 3.05) is 26.2 Å². The van der Waals surface area contributed by atoms with Crippen molar-refractivity contribution in [1.29, 1.82) is 5.26 Å². The van der Waals surface area contributed by atoms with E-state index in [0.29, 0.717) is 29.9 Å². The number of rotatable bonds is 4. The second kappa shape index (κ2) is 7.32. The Kier molecular flexibility index (Phi) is 4.96. The van der Waals surface area contributed by atoms with E-state index in [9.17, 15) is 9.59 Å². The monoisotopic (exact) mass is 336 g/mol. The largest absolute Gasteiger partial charge is 0.356 e. The van der Waals surface area contributed by atoms with Crippen molar-refractivity contribution in [1.82, 2.24) is 14.8 Å².